The van der Waals surface area contributed by atoms with E-state index in [1.165, 1.54) is 44.5 Å². The van der Waals surface area contributed by atoms with Crippen molar-refractivity contribution in [2.75, 3.05) is 0 Å². The van der Waals surface area contributed by atoms with Crippen molar-refractivity contribution >= 4 is 16.4 Å². The van der Waals surface area contributed by atoms with E-state index in [2.05, 4.69) is 199 Å². The Morgan fingerprint density at radius 2 is 0.839 bits per heavy atom. The summed E-state index contributed by atoms with van der Waals surface area (Å²) in [6.07, 6.45) is 2.13. The molecule has 62 heavy (non-hydrogen) atoms. The second-order valence-electron chi connectivity index (χ2n) is 16.2. The highest BCUT2D eigenvalue weighted by atomic mass is 15.0. The quantitative estimate of drug-likeness (QED) is 0.174. The van der Waals surface area contributed by atoms with E-state index in [0.29, 0.717) is 17.5 Å². The normalized spacial score (nSPS) is 13.0. The highest BCUT2D eigenvalue weighted by Gasteiger charge is 2.51. The van der Waals surface area contributed by atoms with E-state index in [1.54, 1.807) is 0 Å². The van der Waals surface area contributed by atoms with Gasteiger partial charge < -0.3 is 0 Å². The predicted octanol–water partition coefficient (Wildman–Crippen LogP) is 13.4. The molecule has 5 heteroatoms. The molecule has 2 aliphatic rings. The first-order valence-electron chi connectivity index (χ1n) is 21.1. The number of aromatic nitrogens is 5. The van der Waals surface area contributed by atoms with Crippen molar-refractivity contribution in [1.82, 2.24) is 24.3 Å². The van der Waals surface area contributed by atoms with Gasteiger partial charge in [0.05, 0.1) is 16.8 Å². The zero-order chi connectivity index (χ0) is 40.8. The molecule has 11 aromatic rings. The molecule has 288 valence electrons. The molecule has 0 saturated carbocycles. The molecule has 0 aliphatic heterocycles. The van der Waals surface area contributed by atoms with Crippen molar-refractivity contribution in [1.29, 1.82) is 0 Å². The molecule has 13 rings (SSSR count). The lowest BCUT2D eigenvalue weighted by molar-refractivity contribution is 0.794. The Kier molecular flexibility index (Phi) is 7.45. The topological polar surface area (TPSA) is 56.0 Å². The molecule has 0 N–H and O–H groups in total. The predicted molar refractivity (Wildman–Crippen MR) is 250 cm³/mol. The molecule has 0 bridgehead atoms. The Bertz CT molecular complexity index is 3530. The van der Waals surface area contributed by atoms with Gasteiger partial charge in [0.15, 0.2) is 17.5 Å². The number of benzene rings is 8. The van der Waals surface area contributed by atoms with E-state index in [0.717, 1.165) is 55.6 Å². The third-order valence-corrected chi connectivity index (χ3v) is 12.9. The summed E-state index contributed by atoms with van der Waals surface area (Å²) in [5.41, 5.74) is 17.4. The summed E-state index contributed by atoms with van der Waals surface area (Å²) in [6.45, 7) is 0. The average Bonchev–Trinajstić information content (AvgIpc) is 3.99. The van der Waals surface area contributed by atoms with Crippen molar-refractivity contribution < 1.29 is 0 Å². The minimum Gasteiger partial charge on any atom is -0.298 e. The summed E-state index contributed by atoms with van der Waals surface area (Å²) in [7, 11) is 0. The third-order valence-electron chi connectivity index (χ3n) is 12.9. The monoisotopic (exact) mass is 789 g/mol. The molecular formula is C57H35N5. The van der Waals surface area contributed by atoms with Gasteiger partial charge in [-0.15, -0.1) is 0 Å². The van der Waals surface area contributed by atoms with Crippen LogP contribution in [0.3, 0.4) is 0 Å². The first-order chi connectivity index (χ1) is 30.7. The van der Waals surface area contributed by atoms with Gasteiger partial charge in [0.25, 0.3) is 0 Å². The van der Waals surface area contributed by atoms with Gasteiger partial charge in [0, 0.05) is 39.4 Å². The number of nitrogens with zero attached hydrogens (tertiary/aromatic N) is 5. The van der Waals surface area contributed by atoms with Gasteiger partial charge in [-0.1, -0.05) is 188 Å². The molecule has 0 amide bonds. The first kappa shape index (κ1) is 34.6. The van der Waals surface area contributed by atoms with Crippen LogP contribution in [-0.2, 0) is 5.41 Å². The summed E-state index contributed by atoms with van der Waals surface area (Å²) < 4.78 is 2.22. The van der Waals surface area contributed by atoms with Gasteiger partial charge in [-0.25, -0.2) is 19.9 Å². The number of hydrogen-bond acceptors (Lipinski definition) is 4. The summed E-state index contributed by atoms with van der Waals surface area (Å²) in [4.78, 5) is 21.1. The van der Waals surface area contributed by atoms with Crippen LogP contribution < -0.4 is 0 Å². The van der Waals surface area contributed by atoms with Crippen LogP contribution in [0.15, 0.2) is 212 Å². The number of hydrogen-bond donors (Lipinski definition) is 0. The van der Waals surface area contributed by atoms with Crippen LogP contribution in [-0.4, -0.2) is 24.3 Å². The van der Waals surface area contributed by atoms with Gasteiger partial charge in [-0.2, -0.15) is 0 Å². The second kappa shape index (κ2) is 13.4. The Morgan fingerprint density at radius 3 is 1.50 bits per heavy atom. The Hall–Kier alpha value is -8.28. The van der Waals surface area contributed by atoms with Crippen molar-refractivity contribution in [3.05, 3.63) is 235 Å². The standard InChI is InChI=1S/C57H35N5/c1-3-17-37(18-4-1)52-51(58-56-42-23-8-7-16-36(42)32-33-62(52)56)39-21-15-22-40(34-39)54-59-53(38-19-5-2-6-20-38)60-55(61-54)41-30-31-46-45-26-11-14-29-49(45)57(50(46)35-41)47-27-12-9-24-43(47)44-25-10-13-28-48(44)57/h1-35H. The van der Waals surface area contributed by atoms with E-state index in [9.17, 15) is 0 Å². The van der Waals surface area contributed by atoms with Crippen LogP contribution in [0.1, 0.15) is 22.3 Å². The maximum Gasteiger partial charge on any atom is 0.164 e. The zero-order valence-electron chi connectivity index (χ0n) is 33.4. The summed E-state index contributed by atoms with van der Waals surface area (Å²) in [6, 6.07) is 73.3. The molecule has 1 spiro atoms. The average molecular weight is 790 g/mol. The molecule has 3 aromatic heterocycles. The Morgan fingerprint density at radius 1 is 0.339 bits per heavy atom. The molecule has 5 nitrogen and oxygen atoms in total. The fourth-order valence-corrected chi connectivity index (χ4v) is 10.2. The van der Waals surface area contributed by atoms with Gasteiger partial charge >= 0.3 is 0 Å². The van der Waals surface area contributed by atoms with E-state index in [-0.39, 0.29) is 0 Å². The minimum atomic E-state index is -0.475. The molecular weight excluding hydrogens is 755 g/mol. The van der Waals surface area contributed by atoms with Gasteiger partial charge in [0.1, 0.15) is 5.65 Å². The first-order valence-corrected chi connectivity index (χ1v) is 21.1. The maximum atomic E-state index is 5.38. The Labute approximate surface area is 358 Å². The van der Waals surface area contributed by atoms with Crippen molar-refractivity contribution in [2.45, 2.75) is 5.41 Å². The molecule has 0 saturated heterocycles. The van der Waals surface area contributed by atoms with Crippen LogP contribution in [0.25, 0.3) is 95.4 Å². The van der Waals surface area contributed by atoms with Crippen LogP contribution in [0, 0.1) is 0 Å². The second-order valence-corrected chi connectivity index (χ2v) is 16.2. The minimum absolute atomic E-state index is 0.475. The lowest BCUT2D eigenvalue weighted by atomic mass is 9.70. The highest BCUT2D eigenvalue weighted by Crippen LogP contribution is 2.63. The van der Waals surface area contributed by atoms with Gasteiger partial charge in [-0.05, 0) is 68.1 Å². The molecule has 0 atom stereocenters. The largest absolute Gasteiger partial charge is 0.298 e. The number of fused-ring (bicyclic) bond motifs is 13. The highest BCUT2D eigenvalue weighted by molar-refractivity contribution is 5.98. The molecule has 0 unspecified atom stereocenters. The van der Waals surface area contributed by atoms with Crippen LogP contribution >= 0.6 is 0 Å². The molecule has 3 heterocycles. The van der Waals surface area contributed by atoms with Crippen LogP contribution in [0.4, 0.5) is 0 Å². The third kappa shape index (κ3) is 4.96. The lowest BCUT2D eigenvalue weighted by Crippen LogP contribution is -2.25. The van der Waals surface area contributed by atoms with E-state index >= 15 is 0 Å². The summed E-state index contributed by atoms with van der Waals surface area (Å²) >= 11 is 0. The lowest BCUT2D eigenvalue weighted by Gasteiger charge is -2.30. The number of pyridine rings is 1. The van der Waals surface area contributed by atoms with Crippen molar-refractivity contribution in [3.8, 4) is 78.9 Å². The Balaban J connectivity index is 1.01. The SMILES string of the molecule is c1ccc(-c2nc(-c3cccc(-c4nc5c6ccccc6ccn5c4-c4ccccc4)c3)nc(-c3ccc4c(c3)C3(c5ccccc5-c5ccccc53)c3ccccc3-4)n2)cc1. The van der Waals surface area contributed by atoms with E-state index in [4.69, 9.17) is 19.9 Å². The smallest absolute Gasteiger partial charge is 0.164 e. The fourth-order valence-electron chi connectivity index (χ4n) is 10.2. The van der Waals surface area contributed by atoms with E-state index < -0.39 is 5.41 Å². The number of imidazole rings is 1. The summed E-state index contributed by atoms with van der Waals surface area (Å²) in [5.74, 6) is 1.84. The van der Waals surface area contributed by atoms with Gasteiger partial charge in [-0.3, -0.25) is 4.40 Å². The van der Waals surface area contributed by atoms with E-state index in [1.807, 2.05) is 18.2 Å². The fraction of sp³-hybridized carbons (Fsp3) is 0.0175. The molecule has 0 radical (unpaired) electrons. The van der Waals surface area contributed by atoms with Crippen molar-refractivity contribution in [2.24, 2.45) is 0 Å². The molecule has 2 aliphatic carbocycles. The molecule has 8 aromatic carbocycles. The molecule has 0 fully saturated rings. The summed E-state index contributed by atoms with van der Waals surface area (Å²) in [5, 5.41) is 2.26. The zero-order valence-corrected chi connectivity index (χ0v) is 33.4. The van der Waals surface area contributed by atoms with Crippen LogP contribution in [0.2, 0.25) is 0 Å². The van der Waals surface area contributed by atoms with Crippen LogP contribution in [0.5, 0.6) is 0 Å². The number of rotatable bonds is 5. The maximum absolute atomic E-state index is 5.38. The van der Waals surface area contributed by atoms with Crippen molar-refractivity contribution in [3.63, 3.8) is 0 Å². The van der Waals surface area contributed by atoms with Gasteiger partial charge in [0.2, 0.25) is 0 Å².